The largest absolute Gasteiger partial charge is 0.398 e. The van der Waals surface area contributed by atoms with Crippen molar-refractivity contribution in [3.63, 3.8) is 0 Å². The summed E-state index contributed by atoms with van der Waals surface area (Å²) in [5, 5.41) is 4.13. The summed E-state index contributed by atoms with van der Waals surface area (Å²) < 4.78 is 1.77. The summed E-state index contributed by atoms with van der Waals surface area (Å²) in [6, 6.07) is 6.40. The molecule has 3 aromatic rings. The Bertz CT molecular complexity index is 817. The summed E-state index contributed by atoms with van der Waals surface area (Å²) in [5.41, 5.74) is 14.5. The molecule has 2 heterocycles. The molecule has 0 aliphatic heterocycles. The van der Waals surface area contributed by atoms with E-state index in [1.165, 1.54) is 23.1 Å². The lowest BCUT2D eigenvalue weighted by Gasteiger charge is -2.14. The monoisotopic (exact) mass is 264 g/mol. The first-order valence-corrected chi connectivity index (χ1v) is 6.94. The van der Waals surface area contributed by atoms with Crippen molar-refractivity contribution in [3.05, 3.63) is 47.4 Å². The van der Waals surface area contributed by atoms with Crippen LogP contribution in [0.5, 0.6) is 0 Å². The van der Waals surface area contributed by atoms with Crippen LogP contribution in [0.2, 0.25) is 0 Å². The van der Waals surface area contributed by atoms with Crippen LogP contribution < -0.4 is 5.73 Å². The maximum atomic E-state index is 6.44. The van der Waals surface area contributed by atoms with E-state index in [9.17, 15) is 0 Å². The minimum Gasteiger partial charge on any atom is -0.398 e. The van der Waals surface area contributed by atoms with Gasteiger partial charge in [0.05, 0.1) is 0 Å². The lowest BCUT2D eigenvalue weighted by Crippen LogP contribution is -2.00. The lowest BCUT2D eigenvalue weighted by atomic mass is 9.93. The molecular weight excluding hydrogens is 248 g/mol. The van der Waals surface area contributed by atoms with Crippen molar-refractivity contribution in [1.82, 2.24) is 14.6 Å². The highest BCUT2D eigenvalue weighted by atomic mass is 15.3. The van der Waals surface area contributed by atoms with E-state index in [1.54, 1.807) is 10.8 Å². The second-order valence-electron chi connectivity index (χ2n) is 5.45. The Labute approximate surface area is 117 Å². The van der Waals surface area contributed by atoms with Crippen molar-refractivity contribution in [2.75, 3.05) is 5.73 Å². The van der Waals surface area contributed by atoms with Gasteiger partial charge in [0.2, 0.25) is 0 Å². The SMILES string of the molecule is Cc1cc2c(c(N)c1-c1ccn3ncnc3c1)CCC2. The number of fused-ring (bicyclic) bond motifs is 2. The predicted octanol–water partition coefficient (Wildman–Crippen LogP) is 2.78. The van der Waals surface area contributed by atoms with Crippen molar-refractivity contribution < 1.29 is 0 Å². The van der Waals surface area contributed by atoms with Crippen molar-refractivity contribution >= 4 is 11.3 Å². The molecule has 0 saturated carbocycles. The van der Waals surface area contributed by atoms with Gasteiger partial charge in [-0.1, -0.05) is 6.07 Å². The summed E-state index contributed by atoms with van der Waals surface area (Å²) in [7, 11) is 0. The number of pyridine rings is 1. The third-order valence-corrected chi connectivity index (χ3v) is 4.21. The first kappa shape index (κ1) is 11.5. The number of benzene rings is 1. The van der Waals surface area contributed by atoms with E-state index in [0.717, 1.165) is 35.3 Å². The fourth-order valence-electron chi connectivity index (χ4n) is 3.28. The molecule has 4 rings (SSSR count). The van der Waals surface area contributed by atoms with Gasteiger partial charge in [-0.15, -0.1) is 0 Å². The van der Waals surface area contributed by atoms with Gasteiger partial charge in [-0.2, -0.15) is 5.10 Å². The molecule has 4 heteroatoms. The summed E-state index contributed by atoms with van der Waals surface area (Å²) in [6.07, 6.45) is 6.97. The number of hydrogen-bond donors (Lipinski definition) is 1. The van der Waals surface area contributed by atoms with Crippen LogP contribution in [0.3, 0.4) is 0 Å². The zero-order valence-corrected chi connectivity index (χ0v) is 11.4. The number of hydrogen-bond acceptors (Lipinski definition) is 3. The molecule has 1 aromatic carbocycles. The molecule has 2 aromatic heterocycles. The Morgan fingerprint density at radius 2 is 2.15 bits per heavy atom. The molecule has 0 spiro atoms. The molecule has 0 fully saturated rings. The molecule has 0 amide bonds. The second-order valence-corrected chi connectivity index (χ2v) is 5.45. The fourth-order valence-corrected chi connectivity index (χ4v) is 3.28. The van der Waals surface area contributed by atoms with Crippen molar-refractivity contribution in [3.8, 4) is 11.1 Å². The molecule has 0 bridgehead atoms. The summed E-state index contributed by atoms with van der Waals surface area (Å²) in [4.78, 5) is 4.25. The van der Waals surface area contributed by atoms with E-state index >= 15 is 0 Å². The molecule has 1 aliphatic rings. The van der Waals surface area contributed by atoms with E-state index in [4.69, 9.17) is 5.73 Å². The van der Waals surface area contributed by atoms with Crippen LogP contribution >= 0.6 is 0 Å². The van der Waals surface area contributed by atoms with Crippen molar-refractivity contribution in [2.24, 2.45) is 0 Å². The highest BCUT2D eigenvalue weighted by Gasteiger charge is 2.19. The molecule has 100 valence electrons. The van der Waals surface area contributed by atoms with Crippen LogP contribution in [0.15, 0.2) is 30.7 Å². The molecule has 2 N–H and O–H groups in total. The Kier molecular flexibility index (Phi) is 2.33. The van der Waals surface area contributed by atoms with Crippen LogP contribution in [0, 0.1) is 6.92 Å². The van der Waals surface area contributed by atoms with Crippen LogP contribution in [0.25, 0.3) is 16.8 Å². The number of rotatable bonds is 1. The van der Waals surface area contributed by atoms with Gasteiger partial charge < -0.3 is 5.73 Å². The second kappa shape index (κ2) is 4.07. The molecule has 0 radical (unpaired) electrons. The number of anilines is 1. The first-order chi connectivity index (χ1) is 9.74. The van der Waals surface area contributed by atoms with E-state index < -0.39 is 0 Å². The molecule has 1 aliphatic carbocycles. The zero-order valence-electron chi connectivity index (χ0n) is 11.4. The van der Waals surface area contributed by atoms with E-state index in [1.807, 2.05) is 12.3 Å². The van der Waals surface area contributed by atoms with Gasteiger partial charge >= 0.3 is 0 Å². The number of nitrogens with zero attached hydrogens (tertiary/aromatic N) is 3. The van der Waals surface area contributed by atoms with Gasteiger partial charge in [0.25, 0.3) is 0 Å². The quantitative estimate of drug-likeness (QED) is 0.688. The minimum atomic E-state index is 0.849. The standard InChI is InChI=1S/C16H16N4/c1-10-7-11-3-2-4-13(11)16(17)15(10)12-5-6-20-14(8-12)18-9-19-20/h5-9H,2-4,17H2,1H3. The Balaban J connectivity index is 1.97. The van der Waals surface area contributed by atoms with Crippen molar-refractivity contribution in [2.45, 2.75) is 26.2 Å². The molecule has 0 saturated heterocycles. The molecule has 20 heavy (non-hydrogen) atoms. The van der Waals surface area contributed by atoms with Gasteiger partial charge in [-0.3, -0.25) is 0 Å². The highest BCUT2D eigenvalue weighted by Crippen LogP contribution is 2.38. The van der Waals surface area contributed by atoms with Gasteiger partial charge in [-0.05, 0) is 60.6 Å². The summed E-state index contributed by atoms with van der Waals surface area (Å²) in [6.45, 7) is 2.14. The molecule has 0 atom stereocenters. The number of nitrogens with two attached hydrogens (primary N) is 1. The Morgan fingerprint density at radius 3 is 3.05 bits per heavy atom. The zero-order chi connectivity index (χ0) is 13.7. The van der Waals surface area contributed by atoms with Crippen LogP contribution in [-0.4, -0.2) is 14.6 Å². The normalized spacial score (nSPS) is 13.8. The fraction of sp³-hybridized carbons (Fsp3) is 0.250. The van der Waals surface area contributed by atoms with E-state index in [0.29, 0.717) is 0 Å². The van der Waals surface area contributed by atoms with E-state index in [2.05, 4.69) is 29.1 Å². The predicted molar refractivity (Wildman–Crippen MR) is 79.6 cm³/mol. The molecule has 0 unspecified atom stereocenters. The highest BCUT2D eigenvalue weighted by molar-refractivity contribution is 5.84. The van der Waals surface area contributed by atoms with Crippen LogP contribution in [-0.2, 0) is 12.8 Å². The maximum absolute atomic E-state index is 6.44. The smallest absolute Gasteiger partial charge is 0.155 e. The number of aromatic nitrogens is 3. The van der Waals surface area contributed by atoms with E-state index in [-0.39, 0.29) is 0 Å². The van der Waals surface area contributed by atoms with Gasteiger partial charge in [0, 0.05) is 17.4 Å². The van der Waals surface area contributed by atoms with Gasteiger partial charge in [0.15, 0.2) is 5.65 Å². The van der Waals surface area contributed by atoms with Crippen LogP contribution in [0.4, 0.5) is 5.69 Å². The number of aryl methyl sites for hydroxylation is 2. The Morgan fingerprint density at radius 1 is 1.25 bits per heavy atom. The van der Waals surface area contributed by atoms with Crippen molar-refractivity contribution in [1.29, 1.82) is 0 Å². The summed E-state index contributed by atoms with van der Waals surface area (Å²) in [5.74, 6) is 0. The first-order valence-electron chi connectivity index (χ1n) is 6.94. The van der Waals surface area contributed by atoms with Gasteiger partial charge in [0.1, 0.15) is 6.33 Å². The van der Waals surface area contributed by atoms with Gasteiger partial charge in [-0.25, -0.2) is 9.50 Å². The average Bonchev–Trinajstić information content (AvgIpc) is 3.06. The molecular formula is C16H16N4. The average molecular weight is 264 g/mol. The topological polar surface area (TPSA) is 56.2 Å². The maximum Gasteiger partial charge on any atom is 0.155 e. The third-order valence-electron chi connectivity index (χ3n) is 4.21. The lowest BCUT2D eigenvalue weighted by molar-refractivity contribution is 0.912. The third kappa shape index (κ3) is 1.54. The number of nitrogen functional groups attached to an aromatic ring is 1. The Hall–Kier alpha value is -2.36. The minimum absolute atomic E-state index is 0.849. The molecule has 4 nitrogen and oxygen atoms in total. The van der Waals surface area contributed by atoms with Crippen LogP contribution in [0.1, 0.15) is 23.1 Å². The summed E-state index contributed by atoms with van der Waals surface area (Å²) >= 11 is 0.